The Morgan fingerprint density at radius 3 is 1.34 bits per heavy atom. The summed E-state index contributed by atoms with van der Waals surface area (Å²) in [7, 11) is -3.20. The minimum Gasteiger partial charge on any atom is -0.379 e. The van der Waals surface area contributed by atoms with Gasteiger partial charge in [-0.25, -0.2) is 21.6 Å². The molecule has 17 nitrogen and oxygen atoms in total. The van der Waals surface area contributed by atoms with Crippen molar-refractivity contribution in [2.24, 2.45) is 0 Å². The molecule has 74 heavy (non-hydrogen) atoms. The number of hydrogen-bond acceptors (Lipinski definition) is 14. The summed E-state index contributed by atoms with van der Waals surface area (Å²) in [5, 5.41) is 7.35. The summed E-state index contributed by atoms with van der Waals surface area (Å²) < 4.78 is 87.3. The summed E-state index contributed by atoms with van der Waals surface area (Å²) in [6, 6.07) is 21.2. The molecule has 0 radical (unpaired) electrons. The summed E-state index contributed by atoms with van der Waals surface area (Å²) in [5.41, 5.74) is 6.12. The first kappa shape index (κ1) is 59.8. The van der Waals surface area contributed by atoms with Gasteiger partial charge in [-0.15, -0.1) is 0 Å². The second kappa shape index (κ2) is 29.9. The maximum atomic E-state index is 13.0. The molecule has 0 saturated carbocycles. The predicted octanol–water partition coefficient (Wildman–Crippen LogP) is 5.93. The van der Waals surface area contributed by atoms with Crippen molar-refractivity contribution in [3.63, 3.8) is 0 Å². The number of likely N-dealkylation sites (N-methyl/N-ethyl adjacent to an activating group) is 2. The van der Waals surface area contributed by atoms with Crippen molar-refractivity contribution >= 4 is 78.1 Å². The molecule has 0 spiro atoms. The molecule has 0 fully saturated rings. The van der Waals surface area contributed by atoms with E-state index in [2.05, 4.69) is 25.2 Å². The Balaban J connectivity index is 0.695. The third-order valence-electron chi connectivity index (χ3n) is 12.2. The minimum atomic E-state index is -3.75. The maximum Gasteiger partial charge on any atom is 0.309 e. The predicted molar refractivity (Wildman–Crippen MR) is 285 cm³/mol. The molecule has 2 heterocycles. The van der Waals surface area contributed by atoms with Gasteiger partial charge in [-0.2, -0.15) is 0 Å². The number of ether oxygens (including phenoxy) is 6. The Morgan fingerprint density at radius 1 is 0.527 bits per heavy atom. The van der Waals surface area contributed by atoms with E-state index < -0.39 is 31.7 Å². The van der Waals surface area contributed by atoms with E-state index in [9.17, 15) is 26.4 Å². The van der Waals surface area contributed by atoms with E-state index in [1.54, 1.807) is 36.4 Å². The normalized spacial score (nSPS) is 16.2. The average molecular weight is 1150 g/mol. The highest BCUT2D eigenvalue weighted by Crippen LogP contribution is 2.40. The quantitative estimate of drug-likeness (QED) is 0.0410. The van der Waals surface area contributed by atoms with Crippen molar-refractivity contribution in [1.82, 2.24) is 25.2 Å². The zero-order valence-corrected chi connectivity index (χ0v) is 46.2. The van der Waals surface area contributed by atoms with Crippen molar-refractivity contribution < 1.29 is 54.8 Å². The van der Waals surface area contributed by atoms with Gasteiger partial charge >= 0.3 is 11.8 Å². The van der Waals surface area contributed by atoms with Crippen molar-refractivity contribution in [3.8, 4) is 0 Å². The van der Waals surface area contributed by atoms with Crippen LogP contribution in [-0.2, 0) is 71.0 Å². The van der Waals surface area contributed by atoms with Crippen LogP contribution in [0.4, 0.5) is 0 Å². The highest BCUT2D eigenvalue weighted by atomic mass is 35.5. The zero-order chi connectivity index (χ0) is 53.1. The number of rotatable bonds is 30. The Kier molecular flexibility index (Phi) is 24.1. The Bertz CT molecular complexity index is 2510. The topological polar surface area (TPSA) is 200 Å². The van der Waals surface area contributed by atoms with E-state index in [-0.39, 0.29) is 113 Å². The first-order chi connectivity index (χ1) is 35.5. The molecule has 3 N–H and O–H groups in total. The van der Waals surface area contributed by atoms with Gasteiger partial charge in [-0.05, 0) is 102 Å². The SMILES string of the molecule is CN1Cc2c(Cl)cc(Cl)cc2C(c2ccc(S(=O)(=O)CCCOCCOCCOCCNC(=O)C(=O)NCCOCCOCCOCCNS(=O)(=O)c3ccc(C4CN(C)Cc5c(Cl)cc(Cl)cc54)cc3)cc2)C1. The van der Waals surface area contributed by atoms with Crippen molar-refractivity contribution in [2.75, 3.05) is 132 Å². The molecule has 23 heteroatoms. The van der Waals surface area contributed by atoms with Crippen LogP contribution in [0.3, 0.4) is 0 Å². The van der Waals surface area contributed by atoms with Gasteiger partial charge < -0.3 is 48.9 Å². The van der Waals surface area contributed by atoms with Gasteiger partial charge in [0, 0.05) is 84.3 Å². The minimum absolute atomic E-state index is 0.00224. The van der Waals surface area contributed by atoms with E-state index >= 15 is 0 Å². The van der Waals surface area contributed by atoms with Crippen molar-refractivity contribution in [1.29, 1.82) is 0 Å². The lowest BCUT2D eigenvalue weighted by Gasteiger charge is -2.33. The largest absolute Gasteiger partial charge is 0.379 e. The summed E-state index contributed by atoms with van der Waals surface area (Å²) in [6.07, 6.45) is 0.334. The van der Waals surface area contributed by atoms with Gasteiger partial charge in [0.05, 0.1) is 88.2 Å². The molecule has 4 aromatic rings. The van der Waals surface area contributed by atoms with Crippen LogP contribution >= 0.6 is 46.4 Å². The monoisotopic (exact) mass is 1140 g/mol. The fourth-order valence-electron chi connectivity index (χ4n) is 8.57. The van der Waals surface area contributed by atoms with Crippen LogP contribution in [0.25, 0.3) is 0 Å². The Labute approximate surface area is 454 Å². The van der Waals surface area contributed by atoms with E-state index in [0.717, 1.165) is 53.0 Å². The maximum absolute atomic E-state index is 13.0. The molecule has 2 amide bonds. The fraction of sp³-hybridized carbons (Fsp3) is 0.490. The highest BCUT2D eigenvalue weighted by Gasteiger charge is 2.29. The third-order valence-corrected chi connectivity index (χ3v) is 16.6. The van der Waals surface area contributed by atoms with Crippen LogP contribution < -0.4 is 15.4 Å². The number of benzene rings is 4. The van der Waals surface area contributed by atoms with Gasteiger partial charge in [0.2, 0.25) is 10.0 Å². The lowest BCUT2D eigenvalue weighted by molar-refractivity contribution is -0.139. The number of halogens is 4. The molecular formula is C51H65Cl4N5O12S2. The van der Waals surface area contributed by atoms with Crippen LogP contribution in [-0.4, -0.2) is 170 Å². The second-order valence-corrected chi connectivity index (χ2v) is 23.4. The number of nitrogens with zero attached hydrogens (tertiary/aromatic N) is 2. The molecule has 0 aliphatic carbocycles. The van der Waals surface area contributed by atoms with Crippen molar-refractivity contribution in [2.45, 2.75) is 41.1 Å². The molecule has 2 atom stereocenters. The van der Waals surface area contributed by atoms with Gasteiger partial charge in [0.1, 0.15) is 0 Å². The number of hydrogen-bond donors (Lipinski definition) is 3. The smallest absolute Gasteiger partial charge is 0.309 e. The van der Waals surface area contributed by atoms with E-state index in [1.165, 1.54) is 0 Å². The molecule has 4 aromatic carbocycles. The number of fused-ring (bicyclic) bond motifs is 2. The first-order valence-corrected chi connectivity index (χ1v) is 28.9. The van der Waals surface area contributed by atoms with E-state index in [4.69, 9.17) is 74.8 Å². The molecule has 6 rings (SSSR count). The van der Waals surface area contributed by atoms with Crippen molar-refractivity contribution in [3.05, 3.63) is 126 Å². The van der Waals surface area contributed by atoms with Gasteiger partial charge in [0.15, 0.2) is 9.84 Å². The molecule has 0 bridgehead atoms. The molecule has 0 saturated heterocycles. The number of carbonyl (C=O) groups excluding carboxylic acids is 2. The summed E-state index contributed by atoms with van der Waals surface area (Å²) in [5.74, 6) is -1.62. The summed E-state index contributed by atoms with van der Waals surface area (Å²) in [6.45, 7) is 6.26. The number of sulfonamides is 1. The zero-order valence-electron chi connectivity index (χ0n) is 41.6. The summed E-state index contributed by atoms with van der Waals surface area (Å²) in [4.78, 5) is 28.9. The molecule has 2 unspecified atom stereocenters. The second-order valence-electron chi connectivity index (χ2n) is 17.8. The average Bonchev–Trinajstić information content (AvgIpc) is 3.36. The molecular weight excluding hydrogens is 1080 g/mol. The van der Waals surface area contributed by atoms with Gasteiger partial charge in [-0.3, -0.25) is 9.59 Å². The van der Waals surface area contributed by atoms with Gasteiger partial charge in [-0.1, -0.05) is 70.7 Å². The van der Waals surface area contributed by atoms with E-state index in [0.29, 0.717) is 46.3 Å². The number of amides is 2. The van der Waals surface area contributed by atoms with Crippen LogP contribution in [0.15, 0.2) is 82.6 Å². The van der Waals surface area contributed by atoms with Crippen LogP contribution in [0.5, 0.6) is 0 Å². The Hall–Kier alpha value is -3.48. The third kappa shape index (κ3) is 18.3. The number of carbonyl (C=O) groups is 2. The molecule has 2 aliphatic rings. The lowest BCUT2D eigenvalue weighted by atomic mass is 9.85. The Morgan fingerprint density at radius 2 is 0.905 bits per heavy atom. The first-order valence-electron chi connectivity index (χ1n) is 24.3. The van der Waals surface area contributed by atoms with Gasteiger partial charge in [0.25, 0.3) is 0 Å². The lowest BCUT2D eigenvalue weighted by Crippen LogP contribution is -2.42. The molecule has 0 aromatic heterocycles. The number of sulfone groups is 1. The molecule has 406 valence electrons. The van der Waals surface area contributed by atoms with E-state index in [1.807, 2.05) is 50.5 Å². The number of nitrogens with one attached hydrogen (secondary N) is 3. The summed E-state index contributed by atoms with van der Waals surface area (Å²) >= 11 is 25.6. The van der Waals surface area contributed by atoms with Crippen LogP contribution in [0.2, 0.25) is 20.1 Å². The fourth-order valence-corrected chi connectivity index (χ4v) is 12.0. The highest BCUT2D eigenvalue weighted by molar-refractivity contribution is 7.91. The van der Waals surface area contributed by atoms with Crippen LogP contribution in [0.1, 0.15) is 51.6 Å². The van der Waals surface area contributed by atoms with Crippen LogP contribution in [0, 0.1) is 0 Å². The standard InChI is InChI=1S/C51H65Cl4N5O12S2/c1-59-32-44(42-28-38(52)30-48(54)46(42)34-59)36-4-8-40(9-5-36)73(63,64)27-3-15-67-19-23-71-24-20-68-16-12-56-50(61)51(62)57-13-17-69-21-25-72-26-22-70-18-14-58-74(65,66)41-10-6-37(7-11-41)45-33-60(2)35-47-43(45)29-39(53)31-49(47)55/h4-11,28-31,44-45,58H,3,12-27,32-35H2,1-2H3,(H,56,61)(H,57,62). The molecule has 2 aliphatic heterocycles.